The van der Waals surface area contributed by atoms with Gasteiger partial charge >= 0.3 is 0 Å². The molecule has 1 saturated carbocycles. The van der Waals surface area contributed by atoms with E-state index < -0.39 is 0 Å². The summed E-state index contributed by atoms with van der Waals surface area (Å²) in [4.78, 5) is 14.9. The van der Waals surface area contributed by atoms with Crippen molar-refractivity contribution < 1.29 is 4.92 Å². The molecule has 0 heterocycles. The Morgan fingerprint density at radius 3 is 2.78 bits per heavy atom. The Balaban J connectivity index is 0.00000264. The summed E-state index contributed by atoms with van der Waals surface area (Å²) < 4.78 is 0. The third kappa shape index (κ3) is 5.83. The molecule has 0 amide bonds. The zero-order valence-corrected chi connectivity index (χ0v) is 16.5. The number of nitrogens with zero attached hydrogens (tertiary/aromatic N) is 2. The number of hydrogen-bond donors (Lipinski definition) is 2. The van der Waals surface area contributed by atoms with Gasteiger partial charge in [-0.15, -0.1) is 24.0 Å². The maximum absolute atomic E-state index is 11.0. The van der Waals surface area contributed by atoms with Crippen molar-refractivity contribution >= 4 is 47.4 Å². The summed E-state index contributed by atoms with van der Waals surface area (Å²) in [6, 6.07) is 7.19. The van der Waals surface area contributed by atoms with Gasteiger partial charge in [-0.2, -0.15) is 11.8 Å². The van der Waals surface area contributed by atoms with Crippen LogP contribution in [0.5, 0.6) is 0 Å². The van der Waals surface area contributed by atoms with Crippen LogP contribution in [0.2, 0.25) is 0 Å². The predicted octanol–water partition coefficient (Wildman–Crippen LogP) is 3.16. The smallest absolute Gasteiger partial charge is 0.274 e. The van der Waals surface area contributed by atoms with Crippen molar-refractivity contribution in [3.63, 3.8) is 0 Å². The van der Waals surface area contributed by atoms with E-state index in [4.69, 9.17) is 0 Å². The molecule has 2 N–H and O–H groups in total. The lowest BCUT2D eigenvalue weighted by Gasteiger charge is -2.17. The van der Waals surface area contributed by atoms with Gasteiger partial charge < -0.3 is 10.6 Å². The van der Waals surface area contributed by atoms with Gasteiger partial charge in [-0.3, -0.25) is 15.1 Å². The van der Waals surface area contributed by atoms with Crippen LogP contribution in [-0.2, 0) is 6.54 Å². The standard InChI is InChI=1S/C15H22N4O2S.HI/c1-16-15(18-12-7-8-13(9-12)22-2)17-10-11-5-3-4-6-14(11)19(20)21;/h3-6,12-13H,7-10H2,1-2H3,(H2,16,17,18);1H. The first-order valence-corrected chi connectivity index (χ1v) is 8.65. The second-order valence-electron chi connectivity index (χ2n) is 5.32. The molecule has 1 aromatic carbocycles. The Bertz CT molecular complexity index is 556. The van der Waals surface area contributed by atoms with Gasteiger partial charge in [0.15, 0.2) is 5.96 Å². The highest BCUT2D eigenvalue weighted by molar-refractivity contribution is 14.0. The van der Waals surface area contributed by atoms with Crippen molar-refractivity contribution in [2.24, 2.45) is 4.99 Å². The van der Waals surface area contributed by atoms with Gasteiger partial charge in [-0.25, -0.2) is 0 Å². The normalized spacial score (nSPS) is 20.7. The van der Waals surface area contributed by atoms with Crippen LogP contribution < -0.4 is 10.6 Å². The highest BCUT2D eigenvalue weighted by Gasteiger charge is 2.24. The van der Waals surface area contributed by atoms with Crippen molar-refractivity contribution in [2.45, 2.75) is 37.1 Å². The number of nitrogens with one attached hydrogen (secondary N) is 2. The highest BCUT2D eigenvalue weighted by Crippen LogP contribution is 2.28. The molecule has 1 aromatic rings. The molecular weight excluding hydrogens is 427 g/mol. The van der Waals surface area contributed by atoms with E-state index in [1.807, 2.05) is 11.8 Å². The molecular formula is C15H23IN4O2S. The molecule has 1 aliphatic rings. The molecule has 2 unspecified atom stereocenters. The van der Waals surface area contributed by atoms with Gasteiger partial charge in [0.2, 0.25) is 0 Å². The van der Waals surface area contributed by atoms with E-state index >= 15 is 0 Å². The van der Waals surface area contributed by atoms with Gasteiger partial charge in [-0.05, 0) is 25.5 Å². The van der Waals surface area contributed by atoms with Gasteiger partial charge in [0.25, 0.3) is 5.69 Å². The molecule has 8 heteroatoms. The quantitative estimate of drug-likeness (QED) is 0.237. The van der Waals surface area contributed by atoms with Gasteiger partial charge in [0.1, 0.15) is 0 Å². The molecule has 23 heavy (non-hydrogen) atoms. The molecule has 0 radical (unpaired) electrons. The molecule has 6 nitrogen and oxygen atoms in total. The summed E-state index contributed by atoms with van der Waals surface area (Å²) >= 11 is 1.91. The minimum Gasteiger partial charge on any atom is -0.354 e. The SMILES string of the molecule is CN=C(NCc1ccccc1[N+](=O)[O-])NC1CCC(SC)C1.I. The topological polar surface area (TPSA) is 79.6 Å². The fourth-order valence-electron chi connectivity index (χ4n) is 2.69. The Morgan fingerprint density at radius 1 is 1.43 bits per heavy atom. The van der Waals surface area contributed by atoms with Gasteiger partial charge in [-0.1, -0.05) is 18.2 Å². The number of nitro groups is 1. The Labute approximate surface area is 158 Å². The second kappa shape index (κ2) is 9.96. The fourth-order valence-corrected chi connectivity index (χ4v) is 3.49. The Morgan fingerprint density at radius 2 is 2.17 bits per heavy atom. The van der Waals surface area contributed by atoms with Gasteiger partial charge in [0.05, 0.1) is 4.92 Å². The highest BCUT2D eigenvalue weighted by atomic mass is 127. The van der Waals surface area contributed by atoms with Gasteiger partial charge in [0, 0.05) is 36.5 Å². The average Bonchev–Trinajstić information content (AvgIpc) is 2.99. The van der Waals surface area contributed by atoms with E-state index in [2.05, 4.69) is 21.9 Å². The molecule has 128 valence electrons. The monoisotopic (exact) mass is 450 g/mol. The summed E-state index contributed by atoms with van der Waals surface area (Å²) in [6.45, 7) is 0.384. The zero-order valence-electron chi connectivity index (χ0n) is 13.3. The van der Waals surface area contributed by atoms with Crippen LogP contribution in [0.4, 0.5) is 5.69 Å². The van der Waals surface area contributed by atoms with E-state index in [1.165, 1.54) is 12.5 Å². The van der Waals surface area contributed by atoms with Crippen LogP contribution in [0.25, 0.3) is 0 Å². The fraction of sp³-hybridized carbons (Fsp3) is 0.533. The van der Waals surface area contributed by atoms with E-state index in [0.29, 0.717) is 29.4 Å². The number of halogens is 1. The largest absolute Gasteiger partial charge is 0.354 e. The Kier molecular flexibility index (Phi) is 8.67. The number of aliphatic imine (C=N–C) groups is 1. The van der Waals surface area contributed by atoms with Crippen LogP contribution in [0.1, 0.15) is 24.8 Å². The summed E-state index contributed by atoms with van der Waals surface area (Å²) in [5.74, 6) is 0.699. The number of hydrogen-bond acceptors (Lipinski definition) is 4. The summed E-state index contributed by atoms with van der Waals surface area (Å²) in [5, 5.41) is 18.3. The van der Waals surface area contributed by atoms with E-state index in [-0.39, 0.29) is 34.6 Å². The minimum absolute atomic E-state index is 0. The molecule has 1 aliphatic carbocycles. The number of benzene rings is 1. The molecule has 0 bridgehead atoms. The third-order valence-corrected chi connectivity index (χ3v) is 5.01. The summed E-state index contributed by atoms with van der Waals surface area (Å²) in [6.07, 6.45) is 5.64. The van der Waals surface area contributed by atoms with E-state index in [1.54, 1.807) is 25.2 Å². The molecule has 0 spiro atoms. The molecule has 0 aliphatic heterocycles. The average molecular weight is 450 g/mol. The van der Waals surface area contributed by atoms with Crippen LogP contribution in [0.3, 0.4) is 0 Å². The molecule has 2 rings (SSSR count). The van der Waals surface area contributed by atoms with E-state index in [0.717, 1.165) is 12.8 Å². The third-order valence-electron chi connectivity index (χ3n) is 3.92. The zero-order chi connectivity index (χ0) is 15.9. The maximum atomic E-state index is 11.0. The van der Waals surface area contributed by atoms with Crippen LogP contribution in [-0.4, -0.2) is 35.5 Å². The molecule has 2 atom stereocenters. The van der Waals surface area contributed by atoms with Crippen LogP contribution in [0.15, 0.2) is 29.3 Å². The van der Waals surface area contributed by atoms with Crippen molar-refractivity contribution in [3.8, 4) is 0 Å². The van der Waals surface area contributed by atoms with Crippen molar-refractivity contribution in [1.29, 1.82) is 0 Å². The first kappa shape index (κ1) is 20.0. The lowest BCUT2D eigenvalue weighted by atomic mass is 10.2. The molecule has 0 saturated heterocycles. The summed E-state index contributed by atoms with van der Waals surface area (Å²) in [5.41, 5.74) is 0.789. The number of rotatable bonds is 5. The van der Waals surface area contributed by atoms with Crippen molar-refractivity contribution in [3.05, 3.63) is 39.9 Å². The van der Waals surface area contributed by atoms with Crippen LogP contribution in [0, 0.1) is 10.1 Å². The summed E-state index contributed by atoms with van der Waals surface area (Å²) in [7, 11) is 1.72. The second-order valence-corrected chi connectivity index (χ2v) is 6.46. The number of nitro benzene ring substituents is 1. The van der Waals surface area contributed by atoms with Crippen molar-refractivity contribution in [2.75, 3.05) is 13.3 Å². The minimum atomic E-state index is -0.354. The number of para-hydroxylation sites is 1. The molecule has 1 fully saturated rings. The maximum Gasteiger partial charge on any atom is 0.274 e. The Hall–Kier alpha value is -1.03. The lowest BCUT2D eigenvalue weighted by Crippen LogP contribution is -2.42. The van der Waals surface area contributed by atoms with Crippen LogP contribution >= 0.6 is 35.7 Å². The first-order valence-electron chi connectivity index (χ1n) is 7.36. The van der Waals surface area contributed by atoms with E-state index in [9.17, 15) is 10.1 Å². The first-order chi connectivity index (χ1) is 10.6. The lowest BCUT2D eigenvalue weighted by molar-refractivity contribution is -0.385. The molecule has 0 aromatic heterocycles. The number of guanidine groups is 1. The number of thioether (sulfide) groups is 1. The predicted molar refractivity (Wildman–Crippen MR) is 107 cm³/mol. The van der Waals surface area contributed by atoms with Crippen molar-refractivity contribution in [1.82, 2.24) is 10.6 Å².